The Morgan fingerprint density at radius 2 is 1.65 bits per heavy atom. The molecule has 0 bridgehead atoms. The zero-order valence-electron chi connectivity index (χ0n) is 12.9. The van der Waals surface area contributed by atoms with E-state index >= 15 is 0 Å². The average molecular weight is 385 g/mol. The van der Waals surface area contributed by atoms with Gasteiger partial charge in [0.15, 0.2) is 0 Å². The molecule has 0 unspecified atom stereocenters. The number of benzene rings is 2. The molecule has 0 spiro atoms. The molecule has 2 aromatic rings. The van der Waals surface area contributed by atoms with E-state index in [-0.39, 0.29) is 22.4 Å². The Bertz CT molecular complexity index is 912. The lowest BCUT2D eigenvalue weighted by Crippen LogP contribution is -2.99. The first-order chi connectivity index (χ1) is 11.9. The Balaban J connectivity index is 0.00000196. The SMILES string of the molecule is OC1=C2N=C(Cl)c3ccccc3N2[NH2+]N1c1ccc(C(F)(F)F)cc1.[OH-]. The van der Waals surface area contributed by atoms with Crippen molar-refractivity contribution < 1.29 is 29.3 Å². The van der Waals surface area contributed by atoms with Gasteiger partial charge < -0.3 is 10.6 Å². The van der Waals surface area contributed by atoms with Crippen LogP contribution in [0.2, 0.25) is 0 Å². The molecule has 0 amide bonds. The maximum Gasteiger partial charge on any atom is 0.416 e. The Morgan fingerprint density at radius 3 is 2.31 bits per heavy atom. The number of para-hydroxylation sites is 1. The zero-order chi connectivity index (χ0) is 17.8. The lowest BCUT2D eigenvalue weighted by Gasteiger charge is -2.22. The third kappa shape index (κ3) is 2.75. The summed E-state index contributed by atoms with van der Waals surface area (Å²) in [6.45, 7) is 0. The molecule has 0 radical (unpaired) electrons. The van der Waals surface area contributed by atoms with Gasteiger partial charge in [0.2, 0.25) is 0 Å². The van der Waals surface area contributed by atoms with Gasteiger partial charge >= 0.3 is 6.18 Å². The largest absolute Gasteiger partial charge is 0.870 e. The highest BCUT2D eigenvalue weighted by atomic mass is 35.5. The lowest BCUT2D eigenvalue weighted by molar-refractivity contribution is -0.661. The number of aliphatic hydroxyl groups excluding tert-OH is 1. The van der Waals surface area contributed by atoms with Crippen molar-refractivity contribution in [2.24, 2.45) is 4.99 Å². The number of nitrogens with zero attached hydrogens (tertiary/aromatic N) is 3. The first-order valence-corrected chi connectivity index (χ1v) is 7.61. The van der Waals surface area contributed by atoms with Crippen LogP contribution in [0.1, 0.15) is 11.1 Å². The van der Waals surface area contributed by atoms with Crippen LogP contribution >= 0.6 is 11.6 Å². The van der Waals surface area contributed by atoms with Gasteiger partial charge in [0.25, 0.3) is 11.7 Å². The summed E-state index contributed by atoms with van der Waals surface area (Å²) in [5.41, 5.74) is 2.59. The third-order valence-corrected chi connectivity index (χ3v) is 4.24. The number of nitrogens with two attached hydrogens (primary N) is 1. The van der Waals surface area contributed by atoms with E-state index in [1.54, 1.807) is 16.6 Å². The number of anilines is 2. The standard InChI is InChI=1S/C16H10ClF3N4O.H2O/c17-13-11-3-1-2-4-12(11)24-14(21-13)15(25)23(22-24)10-7-5-9(6-8-10)16(18,19)20;/h1-8,22,25H;1H2. The maximum absolute atomic E-state index is 12.7. The zero-order valence-corrected chi connectivity index (χ0v) is 13.7. The van der Waals surface area contributed by atoms with Gasteiger partial charge in [-0.15, -0.1) is 15.6 Å². The number of quaternary nitrogens is 1. The average Bonchev–Trinajstić information content (AvgIpc) is 2.92. The molecule has 0 aromatic heterocycles. The fourth-order valence-electron chi connectivity index (χ4n) is 2.73. The minimum absolute atomic E-state index is 0. The van der Waals surface area contributed by atoms with E-state index in [9.17, 15) is 18.3 Å². The van der Waals surface area contributed by atoms with Crippen molar-refractivity contribution in [1.82, 2.24) is 0 Å². The molecule has 2 aliphatic heterocycles. The van der Waals surface area contributed by atoms with Crippen molar-refractivity contribution in [2.45, 2.75) is 6.18 Å². The summed E-state index contributed by atoms with van der Waals surface area (Å²) < 4.78 is 38.1. The van der Waals surface area contributed by atoms with Crippen molar-refractivity contribution in [3.8, 4) is 0 Å². The number of rotatable bonds is 1. The van der Waals surface area contributed by atoms with E-state index in [2.05, 4.69) is 4.99 Å². The second-order valence-electron chi connectivity index (χ2n) is 5.47. The Labute approximate surface area is 150 Å². The van der Waals surface area contributed by atoms with E-state index in [0.29, 0.717) is 11.3 Å². The van der Waals surface area contributed by atoms with Gasteiger partial charge in [-0.05, 0) is 36.4 Å². The van der Waals surface area contributed by atoms with Crippen LogP contribution in [0.4, 0.5) is 24.5 Å². The summed E-state index contributed by atoms with van der Waals surface area (Å²) in [5, 5.41) is 13.7. The molecule has 2 aromatic carbocycles. The van der Waals surface area contributed by atoms with Gasteiger partial charge in [0, 0.05) is 5.56 Å². The molecule has 4 N–H and O–H groups in total. The van der Waals surface area contributed by atoms with Gasteiger partial charge in [-0.3, -0.25) is 0 Å². The quantitative estimate of drug-likeness (QED) is 0.740. The molecule has 4 rings (SSSR count). The number of fused-ring (bicyclic) bond motifs is 3. The topological polar surface area (TPSA) is 85.7 Å². The molecule has 10 heteroatoms. The maximum atomic E-state index is 12.7. The summed E-state index contributed by atoms with van der Waals surface area (Å²) in [7, 11) is 0. The summed E-state index contributed by atoms with van der Waals surface area (Å²) in [5.74, 6) is -0.00369. The molecule has 26 heavy (non-hydrogen) atoms. The first-order valence-electron chi connectivity index (χ1n) is 7.24. The Kier molecular flexibility index (Phi) is 4.31. The van der Waals surface area contributed by atoms with E-state index in [4.69, 9.17) is 11.6 Å². The van der Waals surface area contributed by atoms with E-state index in [1.807, 2.05) is 18.2 Å². The van der Waals surface area contributed by atoms with Gasteiger partial charge in [-0.2, -0.15) is 13.2 Å². The van der Waals surface area contributed by atoms with Gasteiger partial charge in [-0.1, -0.05) is 23.7 Å². The summed E-state index contributed by atoms with van der Waals surface area (Å²) in [6.07, 6.45) is -4.41. The molecule has 0 aliphatic carbocycles. The van der Waals surface area contributed by atoms with Crippen molar-refractivity contribution in [1.29, 1.82) is 0 Å². The van der Waals surface area contributed by atoms with Crippen molar-refractivity contribution in [3.63, 3.8) is 0 Å². The number of hydrogen-bond donors (Lipinski definition) is 2. The summed E-state index contributed by atoms with van der Waals surface area (Å²) >= 11 is 6.16. The molecular formula is C16H12ClF3N4O2. The normalized spacial score (nSPS) is 16.1. The predicted molar refractivity (Wildman–Crippen MR) is 88.8 cm³/mol. The van der Waals surface area contributed by atoms with Gasteiger partial charge in [0.05, 0.1) is 5.56 Å². The fraction of sp³-hybridized carbons (Fsp3) is 0.0625. The van der Waals surface area contributed by atoms with Crippen molar-refractivity contribution >= 4 is 28.1 Å². The van der Waals surface area contributed by atoms with Crippen molar-refractivity contribution in [2.75, 3.05) is 10.0 Å². The molecule has 0 saturated heterocycles. The number of hydrogen-bond acceptors (Lipinski definition) is 5. The van der Waals surface area contributed by atoms with Crippen LogP contribution in [0.5, 0.6) is 0 Å². The van der Waals surface area contributed by atoms with Gasteiger partial charge in [0.1, 0.15) is 16.5 Å². The second kappa shape index (κ2) is 6.20. The number of aliphatic imine (C=N–C) groups is 1. The number of aliphatic hydroxyl groups is 1. The highest BCUT2D eigenvalue weighted by Gasteiger charge is 2.40. The molecular weight excluding hydrogens is 373 g/mol. The van der Waals surface area contributed by atoms with Crippen LogP contribution in [-0.4, -0.2) is 15.8 Å². The Morgan fingerprint density at radius 1 is 1.00 bits per heavy atom. The third-order valence-electron chi connectivity index (χ3n) is 3.95. The minimum Gasteiger partial charge on any atom is -0.870 e. The number of halogens is 4. The molecule has 136 valence electrons. The van der Waals surface area contributed by atoms with E-state index in [0.717, 1.165) is 17.8 Å². The highest BCUT2D eigenvalue weighted by Crippen LogP contribution is 2.34. The molecule has 0 saturated carbocycles. The smallest absolute Gasteiger partial charge is 0.416 e. The summed E-state index contributed by atoms with van der Waals surface area (Å²) in [4.78, 5) is 4.18. The number of alkyl halides is 3. The van der Waals surface area contributed by atoms with Crippen LogP contribution < -0.4 is 15.6 Å². The molecule has 2 heterocycles. The van der Waals surface area contributed by atoms with Crippen LogP contribution in [0.3, 0.4) is 0 Å². The summed E-state index contributed by atoms with van der Waals surface area (Å²) in [6, 6.07) is 11.7. The van der Waals surface area contributed by atoms with Gasteiger partial charge in [-0.25, -0.2) is 4.99 Å². The lowest BCUT2D eigenvalue weighted by atomic mass is 10.1. The van der Waals surface area contributed by atoms with Crippen LogP contribution in [0.15, 0.2) is 65.2 Å². The van der Waals surface area contributed by atoms with Crippen molar-refractivity contribution in [3.05, 3.63) is 71.4 Å². The van der Waals surface area contributed by atoms with Crippen LogP contribution in [0, 0.1) is 0 Å². The first kappa shape index (κ1) is 18.1. The predicted octanol–water partition coefficient (Wildman–Crippen LogP) is 2.93. The molecule has 2 aliphatic rings. The fourth-order valence-corrected chi connectivity index (χ4v) is 2.97. The van der Waals surface area contributed by atoms with E-state index < -0.39 is 11.7 Å². The van der Waals surface area contributed by atoms with E-state index in [1.165, 1.54) is 17.1 Å². The van der Waals surface area contributed by atoms with Crippen LogP contribution in [0.25, 0.3) is 0 Å². The molecule has 0 fully saturated rings. The second-order valence-corrected chi connectivity index (χ2v) is 5.83. The van der Waals surface area contributed by atoms with Crippen LogP contribution in [-0.2, 0) is 6.18 Å². The highest BCUT2D eigenvalue weighted by molar-refractivity contribution is 6.70. The molecule has 6 nitrogen and oxygen atoms in total. The minimum atomic E-state index is -4.41. The Hall–Kier alpha value is -2.75. The monoisotopic (exact) mass is 384 g/mol. The molecule has 0 atom stereocenters.